The summed E-state index contributed by atoms with van der Waals surface area (Å²) >= 11 is 0. The van der Waals surface area contributed by atoms with Gasteiger partial charge in [0.2, 0.25) is 5.91 Å². The van der Waals surface area contributed by atoms with Gasteiger partial charge in [-0.1, -0.05) is 11.2 Å². The molecular weight excluding hydrogens is 502 g/mol. The monoisotopic (exact) mass is 522 g/mol. The van der Waals surface area contributed by atoms with Gasteiger partial charge in [0.15, 0.2) is 11.2 Å². The number of carbonyl (C=O) groups is 1. The van der Waals surface area contributed by atoms with E-state index in [1.54, 1.807) is 24.3 Å². The summed E-state index contributed by atoms with van der Waals surface area (Å²) in [6.07, 6.45) is 3.89. The molecule has 5 heterocycles. The zero-order chi connectivity index (χ0) is 27.0. The lowest BCUT2D eigenvalue weighted by Crippen LogP contribution is -2.36. The number of alkyl halides is 2. The van der Waals surface area contributed by atoms with Gasteiger partial charge in [-0.25, -0.2) is 14.8 Å². The first kappa shape index (κ1) is 24.7. The second kappa shape index (κ2) is 9.46. The molecule has 1 amide bonds. The van der Waals surface area contributed by atoms with Crippen LogP contribution in [-0.2, 0) is 23.8 Å². The largest absolute Gasteiger partial charge is 0.364 e. The van der Waals surface area contributed by atoms with Crippen molar-refractivity contribution in [1.29, 1.82) is 0 Å². The first-order valence-electron chi connectivity index (χ1n) is 11.3. The number of nitrogens with zero attached hydrogens (tertiary/aromatic N) is 6. The highest BCUT2D eigenvalue weighted by atomic mass is 19.3. The molecule has 0 unspecified atom stereocenters. The number of rotatable bonds is 7. The molecule has 5 aromatic heterocycles. The first-order chi connectivity index (χ1) is 18.1. The third-order valence-corrected chi connectivity index (χ3v) is 5.69. The van der Waals surface area contributed by atoms with E-state index in [1.807, 2.05) is 0 Å². The van der Waals surface area contributed by atoms with Crippen molar-refractivity contribution in [3.63, 3.8) is 0 Å². The van der Waals surface area contributed by atoms with Crippen molar-refractivity contribution in [3.8, 4) is 11.3 Å². The summed E-state index contributed by atoms with van der Waals surface area (Å²) in [6, 6.07) is 7.94. The van der Waals surface area contributed by atoms with Gasteiger partial charge < -0.3 is 14.4 Å². The molecule has 0 aromatic carbocycles. The topological polar surface area (TPSA) is 154 Å². The Morgan fingerprint density at radius 3 is 2.74 bits per heavy atom. The van der Waals surface area contributed by atoms with E-state index in [1.165, 1.54) is 36.3 Å². The highest BCUT2D eigenvalue weighted by Gasteiger charge is 2.28. The van der Waals surface area contributed by atoms with Crippen LogP contribution in [0.5, 0.6) is 0 Å². The number of pyridine rings is 2. The van der Waals surface area contributed by atoms with Crippen molar-refractivity contribution in [2.75, 3.05) is 5.32 Å². The molecule has 0 saturated heterocycles. The number of anilines is 1. The van der Waals surface area contributed by atoms with E-state index in [4.69, 9.17) is 4.52 Å². The Kier molecular flexibility index (Phi) is 6.14. The van der Waals surface area contributed by atoms with Gasteiger partial charge in [0.1, 0.15) is 30.0 Å². The summed E-state index contributed by atoms with van der Waals surface area (Å²) in [6.45, 7) is 1.90. The molecule has 5 aromatic rings. The Morgan fingerprint density at radius 1 is 1.21 bits per heavy atom. The van der Waals surface area contributed by atoms with E-state index in [-0.39, 0.29) is 35.8 Å². The molecule has 0 atom stereocenters. The summed E-state index contributed by atoms with van der Waals surface area (Å²) < 4.78 is 34.4. The summed E-state index contributed by atoms with van der Waals surface area (Å²) in [7, 11) is 0. The van der Waals surface area contributed by atoms with Crippen LogP contribution in [0.2, 0.25) is 0 Å². The average Bonchev–Trinajstić information content (AvgIpc) is 3.51. The fraction of sp³-hybridized carbons (Fsp3) is 0.208. The molecule has 38 heavy (non-hydrogen) atoms. The summed E-state index contributed by atoms with van der Waals surface area (Å²) in [5, 5.41) is 6.35. The first-order valence-corrected chi connectivity index (χ1v) is 11.3. The zero-order valence-electron chi connectivity index (χ0n) is 20.1. The third kappa shape index (κ3) is 4.83. The van der Waals surface area contributed by atoms with Crippen molar-refractivity contribution < 1.29 is 18.1 Å². The van der Waals surface area contributed by atoms with E-state index in [2.05, 4.69) is 30.4 Å². The minimum absolute atomic E-state index is 0.0271. The highest BCUT2D eigenvalue weighted by Crippen LogP contribution is 2.30. The van der Waals surface area contributed by atoms with Crippen LogP contribution in [0.1, 0.15) is 23.9 Å². The molecule has 5 rings (SSSR count). The van der Waals surface area contributed by atoms with E-state index >= 15 is 0 Å². The number of aromatic nitrogens is 7. The molecule has 0 saturated carbocycles. The number of carbonyl (C=O) groups excluding carboxylic acids is 1. The molecule has 2 N–H and O–H groups in total. The molecule has 0 fully saturated rings. The van der Waals surface area contributed by atoms with Gasteiger partial charge in [-0.3, -0.25) is 24.1 Å². The standard InChI is InChI=1S/C24H20F2N8O4/c1-13-8-14(9-27-20(13)24(2,25)26)16-4-3-5-17(29-16)30-18(35)11-33-12-28-21-19(33)22(36)34(23(37)31-21)10-15-6-7-38-32-15/h3-9,12H,10-11H2,1-2H3,(H,31,37)(H,29,30,35). The predicted octanol–water partition coefficient (Wildman–Crippen LogP) is 2.44. The molecule has 14 heteroatoms. The van der Waals surface area contributed by atoms with E-state index < -0.39 is 23.1 Å². The molecule has 0 radical (unpaired) electrons. The van der Waals surface area contributed by atoms with Gasteiger partial charge in [-0.15, -0.1) is 0 Å². The van der Waals surface area contributed by atoms with E-state index in [0.29, 0.717) is 22.5 Å². The van der Waals surface area contributed by atoms with Gasteiger partial charge in [0.05, 0.1) is 18.6 Å². The summed E-state index contributed by atoms with van der Waals surface area (Å²) in [5.74, 6) is -3.38. The minimum atomic E-state index is -3.07. The van der Waals surface area contributed by atoms with Crippen molar-refractivity contribution in [1.82, 2.24) is 34.2 Å². The fourth-order valence-corrected chi connectivity index (χ4v) is 4.01. The van der Waals surface area contributed by atoms with Crippen LogP contribution in [0.4, 0.5) is 14.6 Å². The smallest absolute Gasteiger partial charge is 0.330 e. The van der Waals surface area contributed by atoms with Crippen molar-refractivity contribution in [3.05, 3.63) is 86.9 Å². The number of halogens is 2. The SMILES string of the molecule is Cc1cc(-c2cccc(NC(=O)Cn3cnc4[nH]c(=O)n(Cc5ccon5)c(=O)c43)n2)cnc1C(C)(F)F. The maximum atomic E-state index is 13.7. The number of nitrogens with one attached hydrogen (secondary N) is 2. The van der Waals surface area contributed by atoms with Crippen LogP contribution in [0.15, 0.2) is 63.2 Å². The molecule has 0 spiro atoms. The normalized spacial score (nSPS) is 11.7. The lowest BCUT2D eigenvalue weighted by molar-refractivity contribution is -0.116. The van der Waals surface area contributed by atoms with Gasteiger partial charge in [-0.2, -0.15) is 8.78 Å². The quantitative estimate of drug-likeness (QED) is 0.330. The molecular formula is C24H20F2N8O4. The lowest BCUT2D eigenvalue weighted by atomic mass is 10.1. The number of hydrogen-bond donors (Lipinski definition) is 2. The van der Waals surface area contributed by atoms with Crippen LogP contribution >= 0.6 is 0 Å². The number of aryl methyl sites for hydroxylation is 1. The second-order valence-electron chi connectivity index (χ2n) is 8.62. The Bertz CT molecular complexity index is 1770. The molecule has 194 valence electrons. The third-order valence-electron chi connectivity index (χ3n) is 5.69. The number of amides is 1. The molecule has 0 aliphatic rings. The maximum Gasteiger partial charge on any atom is 0.330 e. The lowest BCUT2D eigenvalue weighted by Gasteiger charge is -2.13. The molecule has 0 aliphatic heterocycles. The van der Waals surface area contributed by atoms with Crippen molar-refractivity contribution >= 4 is 22.9 Å². The summed E-state index contributed by atoms with van der Waals surface area (Å²) in [5.41, 5.74) is 0.0188. The number of aromatic amines is 1. The minimum Gasteiger partial charge on any atom is -0.364 e. The van der Waals surface area contributed by atoms with Gasteiger partial charge >= 0.3 is 5.69 Å². The number of imidazole rings is 1. The average molecular weight is 522 g/mol. The Labute approximate surface area is 212 Å². The highest BCUT2D eigenvalue weighted by molar-refractivity contribution is 5.90. The van der Waals surface area contributed by atoms with Crippen LogP contribution in [0.3, 0.4) is 0 Å². The Morgan fingerprint density at radius 2 is 2.03 bits per heavy atom. The molecule has 0 bridgehead atoms. The van der Waals surface area contributed by atoms with Crippen LogP contribution in [0.25, 0.3) is 22.4 Å². The predicted molar refractivity (Wildman–Crippen MR) is 131 cm³/mol. The summed E-state index contributed by atoms with van der Waals surface area (Å²) in [4.78, 5) is 53.0. The Balaban J connectivity index is 1.37. The number of H-pyrrole nitrogens is 1. The molecule has 0 aliphatic carbocycles. The van der Waals surface area contributed by atoms with Gasteiger partial charge in [0, 0.05) is 24.8 Å². The number of fused-ring (bicyclic) bond motifs is 1. The zero-order valence-corrected chi connectivity index (χ0v) is 20.1. The van der Waals surface area contributed by atoms with E-state index in [9.17, 15) is 23.2 Å². The second-order valence-corrected chi connectivity index (χ2v) is 8.62. The maximum absolute atomic E-state index is 13.7. The van der Waals surface area contributed by atoms with Gasteiger partial charge in [0.25, 0.3) is 11.5 Å². The number of hydrogen-bond acceptors (Lipinski definition) is 8. The Hall–Kier alpha value is -5.01. The van der Waals surface area contributed by atoms with Crippen molar-refractivity contribution in [2.24, 2.45) is 0 Å². The van der Waals surface area contributed by atoms with Crippen LogP contribution in [0, 0.1) is 6.92 Å². The van der Waals surface area contributed by atoms with Crippen molar-refractivity contribution in [2.45, 2.75) is 32.9 Å². The molecule has 12 nitrogen and oxygen atoms in total. The van der Waals surface area contributed by atoms with Crippen LogP contribution < -0.4 is 16.6 Å². The van der Waals surface area contributed by atoms with Crippen LogP contribution in [-0.4, -0.2) is 40.1 Å². The van der Waals surface area contributed by atoms with E-state index in [0.717, 1.165) is 11.5 Å². The van der Waals surface area contributed by atoms with Gasteiger partial charge in [-0.05, 0) is 30.7 Å². The fourth-order valence-electron chi connectivity index (χ4n) is 4.01.